The molecule has 2 fully saturated rings. The van der Waals surface area contributed by atoms with Gasteiger partial charge in [0.2, 0.25) is 11.8 Å². The second-order valence-electron chi connectivity index (χ2n) is 7.02. The molecule has 0 bridgehead atoms. The van der Waals surface area contributed by atoms with Crippen LogP contribution in [0.4, 0.5) is 0 Å². The molecule has 8 nitrogen and oxygen atoms in total. The van der Waals surface area contributed by atoms with Crippen LogP contribution in [-0.4, -0.2) is 59.7 Å². The number of hydrogen-bond acceptors (Lipinski definition) is 6. The van der Waals surface area contributed by atoms with Crippen molar-refractivity contribution in [3.63, 3.8) is 0 Å². The quantitative estimate of drug-likeness (QED) is 0.623. The minimum Gasteiger partial charge on any atom is -0.322 e. The van der Waals surface area contributed by atoms with Crippen LogP contribution in [0, 0.1) is 0 Å². The molecule has 138 valence electrons. The van der Waals surface area contributed by atoms with Crippen molar-refractivity contribution in [2.75, 3.05) is 26.2 Å². The Morgan fingerprint density at radius 3 is 2.58 bits per heavy atom. The summed E-state index contributed by atoms with van der Waals surface area (Å²) in [5.74, 6) is -0.754. The van der Waals surface area contributed by atoms with E-state index in [-0.39, 0.29) is 24.1 Å². The average molecular weight is 357 g/mol. The zero-order chi connectivity index (χ0) is 18.1. The second-order valence-corrected chi connectivity index (χ2v) is 7.02. The minimum atomic E-state index is -0.557. The summed E-state index contributed by atoms with van der Waals surface area (Å²) in [4.78, 5) is 40.1. The summed E-state index contributed by atoms with van der Waals surface area (Å²) in [6, 6.07) is 5.38. The number of imide groups is 1. The maximum absolute atomic E-state index is 12.7. The van der Waals surface area contributed by atoms with Gasteiger partial charge < -0.3 is 4.90 Å². The second kappa shape index (κ2) is 7.14. The Hall–Kier alpha value is -2.29. The number of hydrazine groups is 1. The molecule has 3 aliphatic heterocycles. The summed E-state index contributed by atoms with van der Waals surface area (Å²) in [7, 11) is 0. The highest BCUT2D eigenvalue weighted by molar-refractivity contribution is 6.05. The zero-order valence-corrected chi connectivity index (χ0v) is 14.6. The van der Waals surface area contributed by atoms with Gasteiger partial charge in [-0.25, -0.2) is 0 Å². The molecule has 1 unspecified atom stereocenters. The molecule has 1 atom stereocenters. The first-order valence-electron chi connectivity index (χ1n) is 9.06. The Labute approximate surface area is 151 Å². The fourth-order valence-corrected chi connectivity index (χ4v) is 3.86. The van der Waals surface area contributed by atoms with Crippen molar-refractivity contribution in [1.82, 2.24) is 26.0 Å². The van der Waals surface area contributed by atoms with Crippen molar-refractivity contribution in [3.8, 4) is 0 Å². The fraction of sp³-hybridized carbons (Fsp3) is 0.500. The first-order chi connectivity index (χ1) is 12.6. The highest BCUT2D eigenvalue weighted by Crippen LogP contribution is 2.28. The molecule has 3 N–H and O–H groups in total. The number of piperidine rings is 1. The van der Waals surface area contributed by atoms with Gasteiger partial charge in [-0.1, -0.05) is 12.1 Å². The maximum Gasteiger partial charge on any atom is 0.255 e. The van der Waals surface area contributed by atoms with Crippen LogP contribution in [0.2, 0.25) is 0 Å². The Bertz CT molecular complexity index is 742. The summed E-state index contributed by atoms with van der Waals surface area (Å²) in [5.41, 5.74) is 9.11. The van der Waals surface area contributed by atoms with E-state index in [2.05, 4.69) is 27.1 Å². The number of benzene rings is 1. The third-order valence-corrected chi connectivity index (χ3v) is 5.23. The summed E-state index contributed by atoms with van der Waals surface area (Å²) in [6.07, 6.45) is 0.670. The summed E-state index contributed by atoms with van der Waals surface area (Å²) in [5, 5.41) is 2.33. The van der Waals surface area contributed by atoms with Crippen molar-refractivity contribution < 1.29 is 14.4 Å². The molecule has 0 radical (unpaired) electrons. The largest absolute Gasteiger partial charge is 0.322 e. The van der Waals surface area contributed by atoms with E-state index in [0.717, 1.165) is 38.3 Å². The smallest absolute Gasteiger partial charge is 0.255 e. The molecule has 1 aromatic rings. The van der Waals surface area contributed by atoms with E-state index in [9.17, 15) is 14.4 Å². The normalized spacial score (nSPS) is 24.4. The third kappa shape index (κ3) is 3.35. The number of fused-ring (bicyclic) bond motifs is 1. The van der Waals surface area contributed by atoms with Gasteiger partial charge in [0.1, 0.15) is 6.04 Å². The number of carbonyl (C=O) groups excluding carboxylic acids is 3. The van der Waals surface area contributed by atoms with Gasteiger partial charge in [0.15, 0.2) is 0 Å². The van der Waals surface area contributed by atoms with Gasteiger partial charge in [-0.15, -0.1) is 0 Å². The average Bonchev–Trinajstić information content (AvgIpc) is 2.78. The van der Waals surface area contributed by atoms with Crippen LogP contribution in [0.1, 0.15) is 34.3 Å². The Morgan fingerprint density at radius 1 is 1.08 bits per heavy atom. The maximum atomic E-state index is 12.7. The lowest BCUT2D eigenvalue weighted by Gasteiger charge is -2.29. The Kier molecular flexibility index (Phi) is 4.71. The molecule has 3 aliphatic rings. The van der Waals surface area contributed by atoms with E-state index >= 15 is 0 Å². The molecule has 2 saturated heterocycles. The summed E-state index contributed by atoms with van der Waals surface area (Å²) in [6.45, 7) is 4.98. The first kappa shape index (κ1) is 17.1. The SMILES string of the molecule is O=C1CCC(N2Cc3cc(CN4CCNNCC4)ccc3C2=O)C(=O)N1. The predicted octanol–water partition coefficient (Wildman–Crippen LogP) is -0.643. The highest BCUT2D eigenvalue weighted by atomic mass is 16.2. The standard InChI is InChI=1S/C18H23N5O3/c24-16-4-3-15(17(25)21-16)23-11-13-9-12(1-2-14(13)18(23)26)10-22-7-5-19-20-6-8-22/h1-2,9,15,19-20H,3-8,10-11H2,(H,21,24,25). The van der Waals surface area contributed by atoms with Gasteiger partial charge in [0, 0.05) is 51.3 Å². The topological polar surface area (TPSA) is 93.8 Å². The van der Waals surface area contributed by atoms with Gasteiger partial charge in [-0.05, 0) is 23.6 Å². The molecule has 0 aliphatic carbocycles. The molecule has 8 heteroatoms. The molecule has 0 saturated carbocycles. The lowest BCUT2D eigenvalue weighted by atomic mass is 10.0. The zero-order valence-electron chi connectivity index (χ0n) is 14.6. The Balaban J connectivity index is 1.47. The molecule has 3 amide bonds. The number of hydrogen-bond donors (Lipinski definition) is 3. The fourth-order valence-electron chi connectivity index (χ4n) is 3.86. The van der Waals surface area contributed by atoms with Gasteiger partial charge in [-0.3, -0.25) is 35.5 Å². The van der Waals surface area contributed by atoms with Gasteiger partial charge in [-0.2, -0.15) is 0 Å². The van der Waals surface area contributed by atoms with Gasteiger partial charge in [0.05, 0.1) is 0 Å². The van der Waals surface area contributed by atoms with Crippen LogP contribution < -0.4 is 16.2 Å². The van der Waals surface area contributed by atoms with E-state index in [1.807, 2.05) is 12.1 Å². The number of carbonyl (C=O) groups is 3. The molecular formula is C18H23N5O3. The molecule has 0 aromatic heterocycles. The predicted molar refractivity (Wildman–Crippen MR) is 93.8 cm³/mol. The van der Waals surface area contributed by atoms with Crippen LogP contribution in [0.3, 0.4) is 0 Å². The van der Waals surface area contributed by atoms with E-state index in [4.69, 9.17) is 0 Å². The van der Waals surface area contributed by atoms with E-state index in [1.54, 1.807) is 4.90 Å². The van der Waals surface area contributed by atoms with E-state index < -0.39 is 6.04 Å². The lowest BCUT2D eigenvalue weighted by molar-refractivity contribution is -0.136. The molecule has 1 aromatic carbocycles. The van der Waals surface area contributed by atoms with Crippen molar-refractivity contribution in [3.05, 3.63) is 34.9 Å². The highest BCUT2D eigenvalue weighted by Gasteiger charge is 2.39. The summed E-state index contributed by atoms with van der Waals surface area (Å²) < 4.78 is 0. The van der Waals surface area contributed by atoms with E-state index in [0.29, 0.717) is 18.5 Å². The number of nitrogens with zero attached hydrogens (tertiary/aromatic N) is 2. The molecule has 4 rings (SSSR count). The van der Waals surface area contributed by atoms with E-state index in [1.165, 1.54) is 5.56 Å². The lowest BCUT2D eigenvalue weighted by Crippen LogP contribution is -2.52. The van der Waals surface area contributed by atoms with Crippen LogP contribution in [-0.2, 0) is 22.7 Å². The summed E-state index contributed by atoms with van der Waals surface area (Å²) >= 11 is 0. The minimum absolute atomic E-state index is 0.121. The van der Waals surface area contributed by atoms with Crippen LogP contribution in [0.25, 0.3) is 0 Å². The van der Waals surface area contributed by atoms with Crippen LogP contribution >= 0.6 is 0 Å². The van der Waals surface area contributed by atoms with Crippen LogP contribution in [0.15, 0.2) is 18.2 Å². The van der Waals surface area contributed by atoms with Crippen molar-refractivity contribution in [1.29, 1.82) is 0 Å². The molecular weight excluding hydrogens is 334 g/mol. The van der Waals surface area contributed by atoms with Crippen LogP contribution in [0.5, 0.6) is 0 Å². The Morgan fingerprint density at radius 2 is 1.85 bits per heavy atom. The van der Waals surface area contributed by atoms with Crippen molar-refractivity contribution in [2.24, 2.45) is 0 Å². The van der Waals surface area contributed by atoms with Gasteiger partial charge >= 0.3 is 0 Å². The monoisotopic (exact) mass is 357 g/mol. The number of rotatable bonds is 3. The molecule has 0 spiro atoms. The number of amides is 3. The third-order valence-electron chi connectivity index (χ3n) is 5.23. The van der Waals surface area contributed by atoms with Gasteiger partial charge in [0.25, 0.3) is 5.91 Å². The molecule has 26 heavy (non-hydrogen) atoms. The first-order valence-corrected chi connectivity index (χ1v) is 9.06. The van der Waals surface area contributed by atoms with Crippen molar-refractivity contribution >= 4 is 17.7 Å². The molecule has 3 heterocycles. The number of nitrogens with one attached hydrogen (secondary N) is 3. The van der Waals surface area contributed by atoms with Crippen molar-refractivity contribution in [2.45, 2.75) is 32.0 Å².